The minimum absolute atomic E-state index is 0.205. The van der Waals surface area contributed by atoms with Crippen LogP contribution in [-0.2, 0) is 6.42 Å². The monoisotopic (exact) mass is 178 g/mol. The van der Waals surface area contributed by atoms with Gasteiger partial charge in [-0.05, 0) is 19.4 Å². The molecule has 0 aliphatic heterocycles. The molecule has 0 spiro atoms. The number of hydrogen-bond acceptors (Lipinski definition) is 2. The van der Waals surface area contributed by atoms with E-state index in [-0.39, 0.29) is 11.2 Å². The van der Waals surface area contributed by atoms with Gasteiger partial charge in [-0.3, -0.25) is 4.79 Å². The minimum atomic E-state index is -0.205. The van der Waals surface area contributed by atoms with Crippen molar-refractivity contribution in [2.24, 2.45) is 5.41 Å². The molecule has 0 amide bonds. The summed E-state index contributed by atoms with van der Waals surface area (Å²) in [5, 5.41) is 0. The third-order valence-electron chi connectivity index (χ3n) is 2.77. The fraction of sp³-hybridized carbons (Fsp3) is 0.545. The van der Waals surface area contributed by atoms with Gasteiger partial charge in [0.2, 0.25) is 0 Å². The van der Waals surface area contributed by atoms with Gasteiger partial charge in [-0.1, -0.05) is 13.8 Å². The van der Waals surface area contributed by atoms with E-state index < -0.39 is 0 Å². The van der Waals surface area contributed by atoms with Crippen LogP contribution in [0.3, 0.4) is 0 Å². The van der Waals surface area contributed by atoms with Crippen molar-refractivity contribution in [1.82, 2.24) is 0 Å². The number of aryl methyl sites for hydroxylation is 2. The quantitative estimate of drug-likeness (QED) is 0.611. The minimum Gasteiger partial charge on any atom is -0.466 e. The molecule has 1 aliphatic carbocycles. The van der Waals surface area contributed by atoms with Crippen molar-refractivity contribution in [3.8, 4) is 0 Å². The summed E-state index contributed by atoms with van der Waals surface area (Å²) in [7, 11) is 0. The van der Waals surface area contributed by atoms with Gasteiger partial charge in [-0.2, -0.15) is 0 Å². The molecule has 0 radical (unpaired) electrons. The number of hydrogen-bond donors (Lipinski definition) is 0. The zero-order valence-corrected chi connectivity index (χ0v) is 8.31. The van der Waals surface area contributed by atoms with Crippen molar-refractivity contribution in [3.63, 3.8) is 0 Å². The van der Waals surface area contributed by atoms with E-state index in [1.165, 1.54) is 0 Å². The summed E-state index contributed by atoms with van der Waals surface area (Å²) in [6.45, 7) is 5.89. The molecule has 2 rings (SSSR count). The first-order valence-electron chi connectivity index (χ1n) is 4.65. The average molecular weight is 178 g/mol. The molecule has 70 valence electrons. The number of furan rings is 1. The topological polar surface area (TPSA) is 30.2 Å². The molecule has 1 aromatic rings. The second-order valence-electron chi connectivity index (χ2n) is 4.41. The van der Waals surface area contributed by atoms with E-state index in [9.17, 15) is 4.79 Å². The van der Waals surface area contributed by atoms with E-state index in [0.29, 0.717) is 0 Å². The first kappa shape index (κ1) is 8.54. The number of carbonyl (C=O) groups is 1. The molecule has 0 fully saturated rings. The molecule has 1 aromatic heterocycles. The van der Waals surface area contributed by atoms with Gasteiger partial charge >= 0.3 is 0 Å². The number of ketones is 1. The van der Waals surface area contributed by atoms with E-state index in [4.69, 9.17) is 4.42 Å². The van der Waals surface area contributed by atoms with Crippen molar-refractivity contribution in [2.75, 3.05) is 0 Å². The van der Waals surface area contributed by atoms with Gasteiger partial charge in [0.1, 0.15) is 11.5 Å². The summed E-state index contributed by atoms with van der Waals surface area (Å²) in [6, 6.07) is 1.86. The maximum atomic E-state index is 11.9. The number of fused-ring (bicyclic) bond motifs is 1. The average Bonchev–Trinajstić information content (AvgIpc) is 2.40. The van der Waals surface area contributed by atoms with Crippen LogP contribution >= 0.6 is 0 Å². The first-order valence-corrected chi connectivity index (χ1v) is 4.65. The predicted molar refractivity (Wildman–Crippen MR) is 49.9 cm³/mol. The highest BCUT2D eigenvalue weighted by Gasteiger charge is 2.36. The van der Waals surface area contributed by atoms with Crippen LogP contribution in [0.25, 0.3) is 0 Å². The molecule has 0 saturated heterocycles. The lowest BCUT2D eigenvalue weighted by molar-refractivity contribution is 0.0805. The summed E-state index contributed by atoms with van der Waals surface area (Å²) in [5.41, 5.74) is 0.595. The van der Waals surface area contributed by atoms with E-state index in [0.717, 1.165) is 29.9 Å². The zero-order chi connectivity index (χ0) is 9.64. The van der Waals surface area contributed by atoms with Gasteiger partial charge in [0, 0.05) is 11.8 Å². The molecular formula is C11H14O2. The van der Waals surface area contributed by atoms with E-state index in [1.807, 2.05) is 26.8 Å². The first-order chi connectivity index (χ1) is 6.00. The Morgan fingerprint density at radius 1 is 1.46 bits per heavy atom. The molecule has 2 heteroatoms. The van der Waals surface area contributed by atoms with Crippen LogP contribution in [0.4, 0.5) is 0 Å². The van der Waals surface area contributed by atoms with E-state index in [1.54, 1.807) is 0 Å². The smallest absolute Gasteiger partial charge is 0.171 e. The lowest BCUT2D eigenvalue weighted by atomic mass is 9.76. The van der Waals surface area contributed by atoms with Crippen LogP contribution in [0, 0.1) is 12.3 Å². The van der Waals surface area contributed by atoms with Gasteiger partial charge in [0.05, 0.1) is 5.56 Å². The highest BCUT2D eigenvalue weighted by molar-refractivity contribution is 6.01. The van der Waals surface area contributed by atoms with Crippen LogP contribution in [0.2, 0.25) is 0 Å². The molecule has 0 saturated carbocycles. The van der Waals surface area contributed by atoms with Gasteiger partial charge < -0.3 is 4.42 Å². The Kier molecular flexibility index (Phi) is 1.62. The lowest BCUT2D eigenvalue weighted by Gasteiger charge is -2.26. The Balaban J connectivity index is 2.51. The molecule has 13 heavy (non-hydrogen) atoms. The van der Waals surface area contributed by atoms with Gasteiger partial charge in [0.15, 0.2) is 5.78 Å². The number of Topliss-reactive ketones (excluding diaryl/α,β-unsaturated/α-hetero) is 1. The van der Waals surface area contributed by atoms with E-state index in [2.05, 4.69) is 0 Å². The Labute approximate surface area is 77.9 Å². The third-order valence-corrected chi connectivity index (χ3v) is 2.77. The lowest BCUT2D eigenvalue weighted by Crippen LogP contribution is -2.29. The molecule has 1 aliphatic rings. The normalized spacial score (nSPS) is 20.1. The van der Waals surface area contributed by atoms with Crippen molar-refractivity contribution in [1.29, 1.82) is 0 Å². The largest absolute Gasteiger partial charge is 0.466 e. The third kappa shape index (κ3) is 1.21. The highest BCUT2D eigenvalue weighted by Crippen LogP contribution is 2.35. The van der Waals surface area contributed by atoms with Gasteiger partial charge in [-0.15, -0.1) is 0 Å². The summed E-state index contributed by atoms with van der Waals surface area (Å²) < 4.78 is 5.45. The number of carbonyl (C=O) groups excluding carboxylic acids is 1. The standard InChI is InChI=1S/C11H14O2/c1-7-6-8-9(13-7)4-5-11(2,3)10(8)12/h6H,4-5H2,1-3H3. The van der Waals surface area contributed by atoms with Crippen molar-refractivity contribution >= 4 is 5.78 Å². The molecule has 2 nitrogen and oxygen atoms in total. The Morgan fingerprint density at radius 2 is 2.15 bits per heavy atom. The fourth-order valence-electron chi connectivity index (χ4n) is 1.84. The summed E-state index contributed by atoms with van der Waals surface area (Å²) in [5.74, 6) is 1.95. The van der Waals surface area contributed by atoms with Crippen molar-refractivity contribution < 1.29 is 9.21 Å². The van der Waals surface area contributed by atoms with Gasteiger partial charge in [0.25, 0.3) is 0 Å². The van der Waals surface area contributed by atoms with Crippen LogP contribution in [-0.4, -0.2) is 5.78 Å². The second-order valence-corrected chi connectivity index (χ2v) is 4.41. The molecule has 0 atom stereocenters. The number of rotatable bonds is 0. The summed E-state index contributed by atoms with van der Waals surface area (Å²) in [4.78, 5) is 11.9. The Bertz CT molecular complexity index is 358. The van der Waals surface area contributed by atoms with Crippen LogP contribution < -0.4 is 0 Å². The Morgan fingerprint density at radius 3 is 2.85 bits per heavy atom. The molecule has 0 aromatic carbocycles. The molecule has 0 N–H and O–H groups in total. The predicted octanol–water partition coefficient (Wildman–Crippen LogP) is 2.74. The van der Waals surface area contributed by atoms with Gasteiger partial charge in [-0.25, -0.2) is 0 Å². The van der Waals surface area contributed by atoms with Crippen LogP contribution in [0.5, 0.6) is 0 Å². The molecular weight excluding hydrogens is 164 g/mol. The molecule has 0 bridgehead atoms. The molecule has 0 unspecified atom stereocenters. The maximum Gasteiger partial charge on any atom is 0.171 e. The van der Waals surface area contributed by atoms with E-state index >= 15 is 0 Å². The molecule has 1 heterocycles. The maximum absolute atomic E-state index is 11.9. The summed E-state index contributed by atoms with van der Waals surface area (Å²) >= 11 is 0. The zero-order valence-electron chi connectivity index (χ0n) is 8.31. The van der Waals surface area contributed by atoms with Crippen LogP contribution in [0.1, 0.15) is 42.1 Å². The SMILES string of the molecule is Cc1cc2c(o1)CCC(C)(C)C2=O. The highest BCUT2D eigenvalue weighted by atomic mass is 16.3. The van der Waals surface area contributed by atoms with Crippen molar-refractivity contribution in [2.45, 2.75) is 33.6 Å². The Hall–Kier alpha value is -1.05. The second kappa shape index (κ2) is 2.47. The summed E-state index contributed by atoms with van der Waals surface area (Å²) in [6.07, 6.45) is 1.79. The van der Waals surface area contributed by atoms with Crippen LogP contribution in [0.15, 0.2) is 10.5 Å². The fourth-order valence-corrected chi connectivity index (χ4v) is 1.84. The van der Waals surface area contributed by atoms with Crippen molar-refractivity contribution in [3.05, 3.63) is 23.2 Å².